The third-order valence-electron chi connectivity index (χ3n) is 4.73. The molecule has 0 saturated heterocycles. The molecule has 1 saturated carbocycles. The Morgan fingerprint density at radius 2 is 1.62 bits per heavy atom. The SMILES string of the molecule is Cl.O=S(=O)(NCCNC1CCCCCC1)c1ccc2c(c1)OCCCO2. The predicted octanol–water partition coefficient (Wildman–Crippen LogP) is 2.86. The van der Waals surface area contributed by atoms with Crippen molar-refractivity contribution in [3.8, 4) is 11.5 Å². The summed E-state index contributed by atoms with van der Waals surface area (Å²) in [5.41, 5.74) is 0. The zero-order chi connectivity index (χ0) is 17.5. The molecular formula is C18H29ClN2O4S. The maximum absolute atomic E-state index is 12.5. The Labute approximate surface area is 162 Å². The van der Waals surface area contributed by atoms with Crippen LogP contribution in [0.5, 0.6) is 11.5 Å². The van der Waals surface area contributed by atoms with Crippen LogP contribution in [0.25, 0.3) is 0 Å². The summed E-state index contributed by atoms with van der Waals surface area (Å²) < 4.78 is 38.7. The molecule has 2 N–H and O–H groups in total. The van der Waals surface area contributed by atoms with Gasteiger partial charge in [-0.05, 0) is 25.0 Å². The van der Waals surface area contributed by atoms with Crippen molar-refractivity contribution in [1.82, 2.24) is 10.0 Å². The third kappa shape index (κ3) is 6.01. The first-order chi connectivity index (χ1) is 12.1. The maximum atomic E-state index is 12.5. The molecule has 148 valence electrons. The lowest BCUT2D eigenvalue weighted by atomic mass is 10.1. The molecule has 0 aromatic heterocycles. The molecule has 0 spiro atoms. The van der Waals surface area contributed by atoms with Gasteiger partial charge in [0.05, 0.1) is 18.1 Å². The molecule has 0 bridgehead atoms. The summed E-state index contributed by atoms with van der Waals surface area (Å²) in [7, 11) is -3.54. The Hall–Kier alpha value is -1.02. The van der Waals surface area contributed by atoms with Gasteiger partial charge in [0, 0.05) is 31.6 Å². The van der Waals surface area contributed by atoms with E-state index in [2.05, 4.69) is 10.0 Å². The maximum Gasteiger partial charge on any atom is 0.240 e. The highest BCUT2D eigenvalue weighted by atomic mass is 35.5. The highest BCUT2D eigenvalue weighted by molar-refractivity contribution is 7.89. The lowest BCUT2D eigenvalue weighted by Crippen LogP contribution is -2.36. The van der Waals surface area contributed by atoms with E-state index in [4.69, 9.17) is 9.47 Å². The van der Waals surface area contributed by atoms with Crippen molar-refractivity contribution in [2.24, 2.45) is 0 Å². The van der Waals surface area contributed by atoms with Gasteiger partial charge in [-0.25, -0.2) is 13.1 Å². The van der Waals surface area contributed by atoms with Crippen molar-refractivity contribution in [3.05, 3.63) is 18.2 Å². The van der Waals surface area contributed by atoms with Crippen molar-refractivity contribution in [3.63, 3.8) is 0 Å². The first-order valence-electron chi connectivity index (χ1n) is 9.28. The number of hydrogen-bond acceptors (Lipinski definition) is 5. The van der Waals surface area contributed by atoms with Gasteiger partial charge in [0.2, 0.25) is 10.0 Å². The first-order valence-corrected chi connectivity index (χ1v) is 10.8. The summed E-state index contributed by atoms with van der Waals surface area (Å²) in [6, 6.07) is 5.29. The molecule has 1 fully saturated rings. The Morgan fingerprint density at radius 1 is 0.923 bits per heavy atom. The second-order valence-corrected chi connectivity index (χ2v) is 8.47. The highest BCUT2D eigenvalue weighted by Gasteiger charge is 2.18. The van der Waals surface area contributed by atoms with Gasteiger partial charge in [0.15, 0.2) is 11.5 Å². The third-order valence-corrected chi connectivity index (χ3v) is 6.19. The lowest BCUT2D eigenvalue weighted by molar-refractivity contribution is 0.297. The van der Waals surface area contributed by atoms with Crippen LogP contribution in [0.1, 0.15) is 44.9 Å². The molecule has 1 aromatic carbocycles. The molecule has 0 atom stereocenters. The van der Waals surface area contributed by atoms with Crippen LogP contribution in [-0.4, -0.2) is 40.8 Å². The number of halogens is 1. The van der Waals surface area contributed by atoms with Gasteiger partial charge >= 0.3 is 0 Å². The monoisotopic (exact) mass is 404 g/mol. The summed E-state index contributed by atoms with van der Waals surface area (Å²) >= 11 is 0. The summed E-state index contributed by atoms with van der Waals surface area (Å²) in [6.45, 7) is 2.15. The van der Waals surface area contributed by atoms with Crippen LogP contribution >= 0.6 is 12.4 Å². The number of ether oxygens (including phenoxy) is 2. The number of fused-ring (bicyclic) bond motifs is 1. The van der Waals surface area contributed by atoms with Crippen LogP contribution in [0, 0.1) is 0 Å². The van der Waals surface area contributed by atoms with Crippen LogP contribution in [0.15, 0.2) is 23.1 Å². The number of rotatable bonds is 6. The van der Waals surface area contributed by atoms with Gasteiger partial charge in [-0.15, -0.1) is 12.4 Å². The molecule has 1 aliphatic carbocycles. The van der Waals surface area contributed by atoms with Crippen molar-refractivity contribution in [2.75, 3.05) is 26.3 Å². The average Bonchev–Trinajstić information content (AvgIpc) is 3.00. The summed E-state index contributed by atoms with van der Waals surface area (Å²) in [6.07, 6.45) is 8.33. The number of sulfonamides is 1. The van der Waals surface area contributed by atoms with E-state index < -0.39 is 10.0 Å². The molecule has 26 heavy (non-hydrogen) atoms. The second kappa shape index (κ2) is 10.3. The van der Waals surface area contributed by atoms with Gasteiger partial charge in [0.25, 0.3) is 0 Å². The Kier molecular flexibility index (Phi) is 8.47. The molecule has 2 aliphatic rings. The molecule has 8 heteroatoms. The van der Waals surface area contributed by atoms with Crippen LogP contribution in [0.4, 0.5) is 0 Å². The molecule has 1 aliphatic heterocycles. The minimum atomic E-state index is -3.54. The smallest absolute Gasteiger partial charge is 0.240 e. The second-order valence-electron chi connectivity index (χ2n) is 6.70. The standard InChI is InChI=1S/C18H28N2O4S.ClH/c21-25(22,20-11-10-19-15-6-3-1-2-4-7-15)16-8-9-17-18(14-16)24-13-5-12-23-17;/h8-9,14-15,19-20H,1-7,10-13H2;1H. The van der Waals surface area contributed by atoms with E-state index in [-0.39, 0.29) is 17.3 Å². The fourth-order valence-corrected chi connectivity index (χ4v) is 4.39. The van der Waals surface area contributed by atoms with Crippen molar-refractivity contribution in [1.29, 1.82) is 0 Å². The summed E-state index contributed by atoms with van der Waals surface area (Å²) in [5, 5.41) is 3.47. The van der Waals surface area contributed by atoms with Gasteiger partial charge in [0.1, 0.15) is 0 Å². The Balaban J connectivity index is 0.00000243. The molecule has 0 radical (unpaired) electrons. The normalized spacial score (nSPS) is 18.5. The van der Waals surface area contributed by atoms with E-state index in [1.54, 1.807) is 18.2 Å². The lowest BCUT2D eigenvalue weighted by Gasteiger charge is -2.16. The minimum Gasteiger partial charge on any atom is -0.490 e. The van der Waals surface area contributed by atoms with Crippen molar-refractivity contribution in [2.45, 2.75) is 55.9 Å². The van der Waals surface area contributed by atoms with E-state index in [9.17, 15) is 8.42 Å². The Bertz CT molecular complexity index is 661. The van der Waals surface area contributed by atoms with E-state index in [0.29, 0.717) is 43.8 Å². The summed E-state index contributed by atoms with van der Waals surface area (Å²) in [4.78, 5) is 0.214. The van der Waals surface area contributed by atoms with Crippen LogP contribution in [0.2, 0.25) is 0 Å². The first kappa shape index (κ1) is 21.3. The number of nitrogens with one attached hydrogen (secondary N) is 2. The quantitative estimate of drug-likeness (QED) is 0.563. The fraction of sp³-hybridized carbons (Fsp3) is 0.667. The molecule has 1 heterocycles. The molecule has 0 amide bonds. The molecule has 1 aromatic rings. The van der Waals surface area contributed by atoms with Gasteiger partial charge in [-0.3, -0.25) is 0 Å². The number of benzene rings is 1. The van der Waals surface area contributed by atoms with Gasteiger partial charge < -0.3 is 14.8 Å². The molecular weight excluding hydrogens is 376 g/mol. The van der Waals surface area contributed by atoms with Crippen LogP contribution < -0.4 is 19.5 Å². The van der Waals surface area contributed by atoms with Gasteiger partial charge in [-0.1, -0.05) is 25.7 Å². The molecule has 3 rings (SSSR count). The number of hydrogen-bond donors (Lipinski definition) is 2. The van der Waals surface area contributed by atoms with E-state index in [1.807, 2.05) is 0 Å². The zero-order valence-corrected chi connectivity index (χ0v) is 16.7. The van der Waals surface area contributed by atoms with E-state index in [0.717, 1.165) is 6.42 Å². The van der Waals surface area contributed by atoms with E-state index in [1.165, 1.54) is 38.5 Å². The summed E-state index contributed by atoms with van der Waals surface area (Å²) in [5.74, 6) is 1.10. The minimum absolute atomic E-state index is 0. The van der Waals surface area contributed by atoms with Crippen LogP contribution in [0.3, 0.4) is 0 Å². The fourth-order valence-electron chi connectivity index (χ4n) is 3.34. The molecule has 6 nitrogen and oxygen atoms in total. The highest BCUT2D eigenvalue weighted by Crippen LogP contribution is 2.31. The molecule has 0 unspecified atom stereocenters. The zero-order valence-electron chi connectivity index (χ0n) is 15.0. The predicted molar refractivity (Wildman–Crippen MR) is 104 cm³/mol. The van der Waals surface area contributed by atoms with Crippen molar-refractivity contribution < 1.29 is 17.9 Å². The Morgan fingerprint density at radius 3 is 2.35 bits per heavy atom. The van der Waals surface area contributed by atoms with Gasteiger partial charge in [-0.2, -0.15) is 0 Å². The average molecular weight is 405 g/mol. The van der Waals surface area contributed by atoms with Crippen LogP contribution in [-0.2, 0) is 10.0 Å². The van der Waals surface area contributed by atoms with E-state index >= 15 is 0 Å². The topological polar surface area (TPSA) is 76.7 Å². The largest absolute Gasteiger partial charge is 0.490 e. The van der Waals surface area contributed by atoms with Crippen molar-refractivity contribution >= 4 is 22.4 Å².